The summed E-state index contributed by atoms with van der Waals surface area (Å²) in [5.74, 6) is -0.253. The molecule has 0 saturated heterocycles. The Labute approximate surface area is 127 Å². The summed E-state index contributed by atoms with van der Waals surface area (Å²) in [6.07, 6.45) is 0.568. The SMILES string of the molecule is [2H]C1([2H])C(C2=NCN=C2OC(F)(F)CCCCC)=CCCN1C. The van der Waals surface area contributed by atoms with Gasteiger partial charge >= 0.3 is 6.11 Å². The van der Waals surface area contributed by atoms with E-state index in [9.17, 15) is 8.78 Å². The lowest BCUT2D eigenvalue weighted by Crippen LogP contribution is -2.34. The van der Waals surface area contributed by atoms with Crippen LogP contribution in [0.2, 0.25) is 0 Å². The van der Waals surface area contributed by atoms with Crippen molar-refractivity contribution in [2.75, 3.05) is 26.8 Å². The monoisotopic (exact) mass is 301 g/mol. The molecular formula is C15H23F2N3O. The fourth-order valence-corrected chi connectivity index (χ4v) is 2.23. The molecule has 0 atom stereocenters. The summed E-state index contributed by atoms with van der Waals surface area (Å²) in [6.45, 7) is 0.721. The molecular weight excluding hydrogens is 276 g/mol. The minimum Gasteiger partial charge on any atom is -0.413 e. The van der Waals surface area contributed by atoms with Gasteiger partial charge in [-0.3, -0.25) is 4.99 Å². The zero-order chi connectivity index (χ0) is 17.1. The van der Waals surface area contributed by atoms with Gasteiger partial charge in [-0.05, 0) is 25.5 Å². The second kappa shape index (κ2) is 7.11. The molecule has 0 N–H and O–H groups in total. The number of unbranched alkanes of at least 4 members (excludes halogenated alkanes) is 2. The summed E-state index contributed by atoms with van der Waals surface area (Å²) in [5, 5.41) is 0. The molecule has 21 heavy (non-hydrogen) atoms. The van der Waals surface area contributed by atoms with E-state index in [1.807, 2.05) is 6.92 Å². The van der Waals surface area contributed by atoms with Crippen molar-refractivity contribution in [3.63, 3.8) is 0 Å². The van der Waals surface area contributed by atoms with E-state index in [0.717, 1.165) is 6.42 Å². The van der Waals surface area contributed by atoms with E-state index in [4.69, 9.17) is 7.48 Å². The molecule has 0 aromatic heterocycles. The summed E-state index contributed by atoms with van der Waals surface area (Å²) in [5.41, 5.74) is 0.364. The molecule has 0 spiro atoms. The molecule has 0 aliphatic carbocycles. The Balaban J connectivity index is 2.10. The number of likely N-dealkylation sites (N-methyl/N-ethyl adjacent to an activating group) is 1. The van der Waals surface area contributed by atoms with Crippen molar-refractivity contribution in [2.45, 2.75) is 45.1 Å². The van der Waals surface area contributed by atoms with Crippen molar-refractivity contribution in [1.82, 2.24) is 4.90 Å². The van der Waals surface area contributed by atoms with Gasteiger partial charge in [-0.25, -0.2) is 4.99 Å². The number of halogens is 2. The van der Waals surface area contributed by atoms with Crippen molar-refractivity contribution in [3.05, 3.63) is 11.6 Å². The summed E-state index contributed by atoms with van der Waals surface area (Å²) in [7, 11) is 1.65. The first-order valence-corrected chi connectivity index (χ1v) is 7.36. The molecule has 2 rings (SSSR count). The van der Waals surface area contributed by atoms with Gasteiger partial charge in [-0.15, -0.1) is 0 Å². The Kier molecular flexibility index (Phi) is 4.53. The van der Waals surface area contributed by atoms with Gasteiger partial charge in [0, 0.05) is 15.8 Å². The second-order valence-electron chi connectivity index (χ2n) is 5.25. The zero-order valence-corrected chi connectivity index (χ0v) is 12.5. The summed E-state index contributed by atoms with van der Waals surface area (Å²) in [4.78, 5) is 9.48. The van der Waals surface area contributed by atoms with Crippen LogP contribution in [0.25, 0.3) is 0 Å². The van der Waals surface area contributed by atoms with E-state index in [1.54, 1.807) is 13.1 Å². The second-order valence-corrected chi connectivity index (χ2v) is 5.25. The zero-order valence-electron chi connectivity index (χ0n) is 14.5. The standard InChI is InChI=1S/C15H23F2N3O/c1-3-4-5-8-15(16,17)21-14-13(18-11-19-14)12-7-6-9-20(2)10-12/h7H,3-6,8-11H2,1-2H3/i10D2. The Morgan fingerprint density at radius 2 is 2.24 bits per heavy atom. The van der Waals surface area contributed by atoms with Gasteiger partial charge in [0.1, 0.15) is 12.4 Å². The lowest BCUT2D eigenvalue weighted by atomic mass is 10.1. The summed E-state index contributed by atoms with van der Waals surface area (Å²) < 4.78 is 49.0. The largest absolute Gasteiger partial charge is 0.413 e. The molecule has 118 valence electrons. The van der Waals surface area contributed by atoms with E-state index in [2.05, 4.69) is 9.98 Å². The summed E-state index contributed by atoms with van der Waals surface area (Å²) in [6, 6.07) is 0. The van der Waals surface area contributed by atoms with Gasteiger partial charge in [-0.1, -0.05) is 25.8 Å². The highest BCUT2D eigenvalue weighted by Crippen LogP contribution is 2.26. The Morgan fingerprint density at radius 1 is 1.43 bits per heavy atom. The van der Waals surface area contributed by atoms with Gasteiger partial charge in [0.25, 0.3) is 0 Å². The van der Waals surface area contributed by atoms with E-state index in [0.29, 0.717) is 25.8 Å². The Bertz CT molecular complexity index is 533. The average Bonchev–Trinajstić information content (AvgIpc) is 2.89. The number of aliphatic imine (C=N–C) groups is 2. The van der Waals surface area contributed by atoms with Crippen LogP contribution < -0.4 is 0 Å². The highest BCUT2D eigenvalue weighted by Gasteiger charge is 2.35. The minimum absolute atomic E-state index is 0.00710. The van der Waals surface area contributed by atoms with Crippen molar-refractivity contribution in [2.24, 2.45) is 9.98 Å². The lowest BCUT2D eigenvalue weighted by Gasteiger charge is -2.24. The average molecular weight is 301 g/mol. The van der Waals surface area contributed by atoms with Crippen LogP contribution in [-0.2, 0) is 4.74 Å². The summed E-state index contributed by atoms with van der Waals surface area (Å²) >= 11 is 0. The number of nitrogens with zero attached hydrogens (tertiary/aromatic N) is 3. The van der Waals surface area contributed by atoms with Crippen molar-refractivity contribution in [1.29, 1.82) is 0 Å². The number of hydrogen-bond acceptors (Lipinski definition) is 4. The lowest BCUT2D eigenvalue weighted by molar-refractivity contribution is -0.189. The van der Waals surface area contributed by atoms with Crippen LogP contribution in [0.4, 0.5) is 8.78 Å². The third kappa shape index (κ3) is 4.59. The Morgan fingerprint density at radius 3 is 3.00 bits per heavy atom. The highest BCUT2D eigenvalue weighted by atomic mass is 19.3. The van der Waals surface area contributed by atoms with E-state index in [-0.39, 0.29) is 30.3 Å². The smallest absolute Gasteiger partial charge is 0.399 e. The van der Waals surface area contributed by atoms with Crippen LogP contribution in [0.5, 0.6) is 0 Å². The van der Waals surface area contributed by atoms with Crippen molar-refractivity contribution in [3.8, 4) is 0 Å². The molecule has 0 unspecified atom stereocenters. The van der Waals surface area contributed by atoms with Crippen LogP contribution >= 0.6 is 0 Å². The third-order valence-electron chi connectivity index (χ3n) is 3.34. The van der Waals surface area contributed by atoms with Crippen molar-refractivity contribution < 1.29 is 16.3 Å². The fraction of sp³-hybridized carbons (Fsp3) is 0.733. The maximum absolute atomic E-state index is 13.9. The van der Waals surface area contributed by atoms with E-state index in [1.165, 1.54) is 4.90 Å². The number of alkyl halides is 2. The molecule has 4 nitrogen and oxygen atoms in total. The van der Waals surface area contributed by atoms with Gasteiger partial charge in [0.2, 0.25) is 5.90 Å². The molecule has 0 aromatic rings. The molecule has 6 heteroatoms. The van der Waals surface area contributed by atoms with Gasteiger partial charge in [0.15, 0.2) is 0 Å². The predicted molar refractivity (Wildman–Crippen MR) is 80.1 cm³/mol. The van der Waals surface area contributed by atoms with E-state index < -0.39 is 12.6 Å². The van der Waals surface area contributed by atoms with Crippen molar-refractivity contribution >= 4 is 11.6 Å². The predicted octanol–water partition coefficient (Wildman–Crippen LogP) is 3.25. The molecule has 0 saturated carbocycles. The number of ether oxygens (including phenoxy) is 1. The molecule has 0 bridgehead atoms. The topological polar surface area (TPSA) is 37.2 Å². The maximum Gasteiger partial charge on any atom is 0.399 e. The molecule has 0 radical (unpaired) electrons. The Hall–Kier alpha value is -1.30. The van der Waals surface area contributed by atoms with Gasteiger partial charge in [-0.2, -0.15) is 8.78 Å². The maximum atomic E-state index is 13.9. The first-order valence-electron chi connectivity index (χ1n) is 8.36. The molecule has 2 aliphatic rings. The van der Waals surface area contributed by atoms with Crippen LogP contribution in [0.3, 0.4) is 0 Å². The van der Waals surface area contributed by atoms with Gasteiger partial charge in [0.05, 0.1) is 6.42 Å². The van der Waals surface area contributed by atoms with Gasteiger partial charge < -0.3 is 9.64 Å². The normalized spacial score (nSPS) is 23.9. The molecule has 2 heterocycles. The fourth-order valence-electron chi connectivity index (χ4n) is 2.23. The third-order valence-corrected chi connectivity index (χ3v) is 3.34. The molecule has 0 fully saturated rings. The van der Waals surface area contributed by atoms with Crippen LogP contribution in [-0.4, -0.2) is 49.4 Å². The number of hydrogen-bond donors (Lipinski definition) is 0. The quantitative estimate of drug-likeness (QED) is 0.706. The van der Waals surface area contributed by atoms with E-state index >= 15 is 0 Å². The molecule has 0 aromatic carbocycles. The molecule has 2 aliphatic heterocycles. The van der Waals surface area contributed by atoms with Crippen LogP contribution in [0.15, 0.2) is 21.6 Å². The first kappa shape index (κ1) is 13.4. The van der Waals surface area contributed by atoms with Crippen LogP contribution in [0, 0.1) is 0 Å². The first-order chi connectivity index (χ1) is 10.8. The van der Waals surface area contributed by atoms with Crippen LogP contribution in [0.1, 0.15) is 41.8 Å². The highest BCUT2D eigenvalue weighted by molar-refractivity contribution is 6.46. The number of rotatable bonds is 6. The minimum atomic E-state index is -3.31. The molecule has 0 amide bonds.